The van der Waals surface area contributed by atoms with Crippen LogP contribution in [0.4, 0.5) is 11.5 Å². The first-order valence-corrected chi connectivity index (χ1v) is 10.9. The van der Waals surface area contributed by atoms with E-state index in [2.05, 4.69) is 4.98 Å². The number of methoxy groups -OCH3 is 2. The third-order valence-electron chi connectivity index (χ3n) is 5.08. The van der Waals surface area contributed by atoms with Crippen molar-refractivity contribution in [1.82, 2.24) is 9.55 Å². The van der Waals surface area contributed by atoms with Crippen LogP contribution >= 0.6 is 11.6 Å². The first kappa shape index (κ1) is 25.3. The van der Waals surface area contributed by atoms with Gasteiger partial charge in [0.05, 0.1) is 19.2 Å². The molecule has 0 bridgehead atoms. The number of rotatable bonds is 10. The van der Waals surface area contributed by atoms with Crippen LogP contribution in [0, 0.1) is 5.92 Å². The quantitative estimate of drug-likeness (QED) is 0.554. The molecule has 32 heavy (non-hydrogen) atoms. The summed E-state index contributed by atoms with van der Waals surface area (Å²) in [5.41, 5.74) is 5.08. The summed E-state index contributed by atoms with van der Waals surface area (Å²) in [6, 6.07) is 2.94. The molecule has 0 atom stereocenters. The number of hydrogen-bond donors (Lipinski definition) is 2. The van der Waals surface area contributed by atoms with Crippen molar-refractivity contribution in [2.45, 2.75) is 46.6 Å². The molecule has 0 aliphatic rings. The smallest absolute Gasteiger partial charge is 0.330 e. The second-order valence-corrected chi connectivity index (χ2v) is 8.24. The van der Waals surface area contributed by atoms with Crippen molar-refractivity contribution < 1.29 is 14.3 Å². The highest BCUT2D eigenvalue weighted by Crippen LogP contribution is 2.36. The van der Waals surface area contributed by atoms with Crippen molar-refractivity contribution >= 4 is 29.0 Å². The SMILES string of the molecule is CCCCn1c(N)c(N(CCC(C)C)C(=O)c2cc(Cl)c(OC)c(OC)c2)c(=O)[nH]c1=O. The number of aromatic nitrogens is 2. The Kier molecular flexibility index (Phi) is 8.77. The van der Waals surface area contributed by atoms with Crippen molar-refractivity contribution in [3.63, 3.8) is 0 Å². The molecule has 1 aromatic heterocycles. The van der Waals surface area contributed by atoms with Gasteiger partial charge < -0.3 is 20.1 Å². The van der Waals surface area contributed by atoms with E-state index in [-0.39, 0.29) is 40.3 Å². The van der Waals surface area contributed by atoms with Crippen LogP contribution in [-0.2, 0) is 6.54 Å². The lowest BCUT2D eigenvalue weighted by molar-refractivity contribution is 0.0985. The number of ether oxygens (including phenoxy) is 2. The lowest BCUT2D eigenvalue weighted by Crippen LogP contribution is -2.42. The number of aromatic amines is 1. The minimum atomic E-state index is -0.719. The van der Waals surface area contributed by atoms with E-state index >= 15 is 0 Å². The molecule has 0 fully saturated rings. The number of nitrogens with two attached hydrogens (primary N) is 1. The van der Waals surface area contributed by atoms with E-state index < -0.39 is 17.2 Å². The summed E-state index contributed by atoms with van der Waals surface area (Å²) in [6.45, 7) is 6.55. The van der Waals surface area contributed by atoms with Crippen molar-refractivity contribution in [2.24, 2.45) is 5.92 Å². The van der Waals surface area contributed by atoms with E-state index in [1.165, 1.54) is 35.8 Å². The number of hydrogen-bond acceptors (Lipinski definition) is 6. The van der Waals surface area contributed by atoms with E-state index in [0.29, 0.717) is 25.1 Å². The predicted molar refractivity (Wildman–Crippen MR) is 126 cm³/mol. The van der Waals surface area contributed by atoms with Gasteiger partial charge in [-0.1, -0.05) is 38.8 Å². The normalized spacial score (nSPS) is 11.0. The summed E-state index contributed by atoms with van der Waals surface area (Å²) < 4.78 is 11.8. The maximum Gasteiger partial charge on any atom is 0.330 e. The van der Waals surface area contributed by atoms with Gasteiger partial charge in [-0.25, -0.2) is 4.79 Å². The highest BCUT2D eigenvalue weighted by molar-refractivity contribution is 6.32. The topological polar surface area (TPSA) is 120 Å². The highest BCUT2D eigenvalue weighted by Gasteiger charge is 2.27. The maximum absolute atomic E-state index is 13.6. The zero-order valence-corrected chi connectivity index (χ0v) is 19.9. The Morgan fingerprint density at radius 3 is 2.50 bits per heavy atom. The standard InChI is InChI=1S/C22H31ClN4O5/c1-6-7-9-27-19(24)17(20(28)25-22(27)30)26(10-8-13(2)3)21(29)14-11-15(23)18(32-5)16(12-14)31-4/h11-13H,6-10,24H2,1-5H3,(H,25,28,30). The van der Waals surface area contributed by atoms with Gasteiger partial charge in [-0.15, -0.1) is 0 Å². The molecule has 0 spiro atoms. The molecule has 3 N–H and O–H groups in total. The highest BCUT2D eigenvalue weighted by atomic mass is 35.5. The Morgan fingerprint density at radius 1 is 1.25 bits per heavy atom. The number of H-pyrrole nitrogens is 1. The second kappa shape index (κ2) is 11.1. The van der Waals surface area contributed by atoms with Crippen LogP contribution in [-0.4, -0.2) is 36.2 Å². The number of unbranched alkanes of at least 4 members (excludes halogenated alkanes) is 1. The van der Waals surface area contributed by atoms with Crippen LogP contribution in [0.25, 0.3) is 0 Å². The number of nitrogen functional groups attached to an aromatic ring is 1. The summed E-state index contributed by atoms with van der Waals surface area (Å²) in [5, 5.41) is 0.189. The van der Waals surface area contributed by atoms with Gasteiger partial charge in [0.1, 0.15) is 5.82 Å². The fraction of sp³-hybridized carbons (Fsp3) is 0.500. The largest absolute Gasteiger partial charge is 0.493 e. The molecule has 9 nitrogen and oxygen atoms in total. The van der Waals surface area contributed by atoms with Gasteiger partial charge >= 0.3 is 5.69 Å². The Hall–Kier alpha value is -2.94. The van der Waals surface area contributed by atoms with E-state index in [4.69, 9.17) is 26.8 Å². The molecule has 10 heteroatoms. The van der Waals surface area contributed by atoms with Crippen molar-refractivity contribution in [1.29, 1.82) is 0 Å². The molecule has 0 unspecified atom stereocenters. The Labute approximate surface area is 192 Å². The van der Waals surface area contributed by atoms with Crippen molar-refractivity contribution in [3.05, 3.63) is 43.6 Å². The van der Waals surface area contributed by atoms with Crippen molar-refractivity contribution in [3.8, 4) is 11.5 Å². The van der Waals surface area contributed by atoms with Crippen LogP contribution in [0.5, 0.6) is 11.5 Å². The minimum absolute atomic E-state index is 0.0455. The number of carbonyl (C=O) groups is 1. The molecule has 0 aliphatic carbocycles. The third kappa shape index (κ3) is 5.45. The number of amides is 1. The molecule has 176 valence electrons. The first-order chi connectivity index (χ1) is 15.2. The van der Waals surface area contributed by atoms with Gasteiger partial charge in [0.25, 0.3) is 11.5 Å². The van der Waals surface area contributed by atoms with Crippen LogP contribution in [0.1, 0.15) is 50.4 Å². The number of anilines is 2. The lowest BCUT2D eigenvalue weighted by Gasteiger charge is -2.26. The Bertz CT molecular complexity index is 1080. The molecule has 1 amide bonds. The summed E-state index contributed by atoms with van der Waals surface area (Å²) in [7, 11) is 2.88. The Balaban J connectivity index is 2.66. The molecule has 2 rings (SSSR count). The monoisotopic (exact) mass is 466 g/mol. The van der Waals surface area contributed by atoms with Gasteiger partial charge in [0.15, 0.2) is 17.2 Å². The van der Waals surface area contributed by atoms with Crippen LogP contribution in [0.3, 0.4) is 0 Å². The van der Waals surface area contributed by atoms with E-state index in [0.717, 1.165) is 6.42 Å². The lowest BCUT2D eigenvalue weighted by atomic mass is 10.1. The summed E-state index contributed by atoms with van der Waals surface area (Å²) in [5.74, 6) is 0.291. The van der Waals surface area contributed by atoms with Gasteiger partial charge in [0, 0.05) is 18.7 Å². The molecule has 2 aromatic rings. The summed E-state index contributed by atoms with van der Waals surface area (Å²) in [4.78, 5) is 42.3. The molecular formula is C22H31ClN4O5. The number of benzene rings is 1. The molecule has 1 heterocycles. The number of nitrogens with zero attached hydrogens (tertiary/aromatic N) is 2. The fourth-order valence-electron chi connectivity index (χ4n) is 3.28. The van der Waals surface area contributed by atoms with Crippen molar-refractivity contribution in [2.75, 3.05) is 31.4 Å². The average Bonchev–Trinajstić information content (AvgIpc) is 2.74. The molecule has 0 saturated carbocycles. The fourth-order valence-corrected chi connectivity index (χ4v) is 3.56. The first-order valence-electron chi connectivity index (χ1n) is 10.5. The van der Waals surface area contributed by atoms with Gasteiger partial charge in [-0.3, -0.25) is 19.1 Å². The predicted octanol–water partition coefficient (Wildman–Crippen LogP) is 3.28. The van der Waals surface area contributed by atoms with E-state index in [9.17, 15) is 14.4 Å². The minimum Gasteiger partial charge on any atom is -0.493 e. The molecule has 0 radical (unpaired) electrons. The zero-order chi connectivity index (χ0) is 24.0. The van der Waals surface area contributed by atoms with Gasteiger partial charge in [-0.05, 0) is 30.9 Å². The summed E-state index contributed by atoms with van der Waals surface area (Å²) in [6.07, 6.45) is 2.14. The number of carbonyl (C=O) groups excluding carboxylic acids is 1. The summed E-state index contributed by atoms with van der Waals surface area (Å²) >= 11 is 6.29. The molecule has 0 saturated heterocycles. The average molecular weight is 467 g/mol. The number of halogens is 1. The number of nitrogens with one attached hydrogen (secondary N) is 1. The van der Waals surface area contributed by atoms with Crippen LogP contribution in [0.2, 0.25) is 5.02 Å². The van der Waals surface area contributed by atoms with E-state index in [1.54, 1.807) is 0 Å². The van der Waals surface area contributed by atoms with Crippen LogP contribution < -0.4 is 31.4 Å². The zero-order valence-electron chi connectivity index (χ0n) is 19.2. The van der Waals surface area contributed by atoms with Gasteiger partial charge in [-0.2, -0.15) is 0 Å². The Morgan fingerprint density at radius 2 is 1.94 bits per heavy atom. The molecule has 1 aromatic carbocycles. The van der Waals surface area contributed by atoms with E-state index in [1.807, 2.05) is 20.8 Å². The van der Waals surface area contributed by atoms with Crippen LogP contribution in [0.15, 0.2) is 21.7 Å². The third-order valence-corrected chi connectivity index (χ3v) is 5.36. The second-order valence-electron chi connectivity index (χ2n) is 7.83. The van der Waals surface area contributed by atoms with Gasteiger partial charge in [0.2, 0.25) is 0 Å². The maximum atomic E-state index is 13.6. The molecule has 0 aliphatic heterocycles. The molecular weight excluding hydrogens is 436 g/mol.